The van der Waals surface area contributed by atoms with Crippen LogP contribution in [0, 0.1) is 16.5 Å². The van der Waals surface area contributed by atoms with Crippen LogP contribution >= 0.6 is 11.6 Å². The van der Waals surface area contributed by atoms with Crippen LogP contribution in [0.25, 0.3) is 0 Å². The van der Waals surface area contributed by atoms with Gasteiger partial charge in [0.2, 0.25) is 5.88 Å². The number of rotatable bonds is 6. The highest BCUT2D eigenvalue weighted by Crippen LogP contribution is 2.15. The molecular formula is C14H11ClF2N2O2. The molecule has 1 aromatic heterocycles. The molecule has 1 atom stereocenters. The zero-order valence-corrected chi connectivity index (χ0v) is 11.6. The normalized spacial score (nSPS) is 12.0. The van der Waals surface area contributed by atoms with Gasteiger partial charge in [-0.15, -0.1) is 4.91 Å². The van der Waals surface area contributed by atoms with Crippen molar-refractivity contribution < 1.29 is 13.5 Å². The lowest BCUT2D eigenvalue weighted by Gasteiger charge is -2.07. The number of pyridine rings is 1. The van der Waals surface area contributed by atoms with Gasteiger partial charge in [-0.3, -0.25) is 0 Å². The van der Waals surface area contributed by atoms with E-state index in [-0.39, 0.29) is 13.0 Å². The Labute approximate surface area is 124 Å². The van der Waals surface area contributed by atoms with Gasteiger partial charge in [0.25, 0.3) is 0 Å². The van der Waals surface area contributed by atoms with E-state index < -0.39 is 17.1 Å². The number of aromatic nitrogens is 1. The number of ether oxygens (including phenoxy) is 1. The summed E-state index contributed by atoms with van der Waals surface area (Å²) in [5.41, 5.74) is 0.404. The molecule has 0 saturated heterocycles. The van der Waals surface area contributed by atoms with Crippen molar-refractivity contribution in [2.75, 3.05) is 0 Å². The average molecular weight is 313 g/mol. The van der Waals surface area contributed by atoms with Crippen LogP contribution in [0.3, 0.4) is 0 Å². The third-order valence-electron chi connectivity index (χ3n) is 2.69. The smallest absolute Gasteiger partial charge is 0.213 e. The molecule has 2 rings (SSSR count). The zero-order valence-electron chi connectivity index (χ0n) is 10.8. The molecule has 4 nitrogen and oxygen atoms in total. The lowest BCUT2D eigenvalue weighted by atomic mass is 10.2. The Morgan fingerprint density at radius 3 is 2.57 bits per heavy atom. The molecule has 1 aromatic carbocycles. The maximum absolute atomic E-state index is 13.0. The fourth-order valence-corrected chi connectivity index (χ4v) is 1.81. The first-order valence-corrected chi connectivity index (χ1v) is 6.50. The number of halogens is 3. The Kier molecular flexibility index (Phi) is 5.16. The second-order valence-corrected chi connectivity index (χ2v) is 4.79. The summed E-state index contributed by atoms with van der Waals surface area (Å²) in [6, 6.07) is 6.84. The van der Waals surface area contributed by atoms with Crippen LogP contribution in [0.2, 0.25) is 0 Å². The summed E-state index contributed by atoms with van der Waals surface area (Å²) in [4.78, 5) is 14.2. The van der Waals surface area contributed by atoms with Crippen LogP contribution in [0.4, 0.5) is 8.78 Å². The minimum Gasteiger partial charge on any atom is -0.473 e. The van der Waals surface area contributed by atoms with Gasteiger partial charge in [-0.05, 0) is 28.4 Å². The molecular weight excluding hydrogens is 302 g/mol. The molecule has 21 heavy (non-hydrogen) atoms. The van der Waals surface area contributed by atoms with Crippen molar-refractivity contribution in [2.24, 2.45) is 5.18 Å². The minimum absolute atomic E-state index is 0.0670. The highest BCUT2D eigenvalue weighted by molar-refractivity contribution is 6.20. The van der Waals surface area contributed by atoms with Gasteiger partial charge in [0.15, 0.2) is 17.1 Å². The standard InChI is InChI=1S/C14H11ClF2N2O2/c15-13(19-20)6-9-2-4-14(18-7-9)21-8-10-1-3-11(16)12(17)5-10/h1-5,7,13H,6,8H2. The summed E-state index contributed by atoms with van der Waals surface area (Å²) in [5, 5.41) is 2.69. The summed E-state index contributed by atoms with van der Waals surface area (Å²) >= 11 is 5.60. The Hall–Kier alpha value is -2.08. The molecule has 0 fully saturated rings. The van der Waals surface area contributed by atoms with Crippen molar-refractivity contribution in [2.45, 2.75) is 18.5 Å². The molecule has 0 saturated carbocycles. The van der Waals surface area contributed by atoms with Crippen LogP contribution in [0.15, 0.2) is 41.7 Å². The number of benzene rings is 1. The molecule has 0 aliphatic rings. The number of nitroso groups, excluding NO2 is 1. The first-order chi connectivity index (χ1) is 10.1. The van der Waals surface area contributed by atoms with Crippen molar-refractivity contribution >= 4 is 11.6 Å². The van der Waals surface area contributed by atoms with Crippen LogP contribution in [0.1, 0.15) is 11.1 Å². The maximum Gasteiger partial charge on any atom is 0.213 e. The number of nitrogens with zero attached hydrogens (tertiary/aromatic N) is 2. The molecule has 2 aromatic rings. The minimum atomic E-state index is -0.922. The summed E-state index contributed by atoms with van der Waals surface area (Å²) in [7, 11) is 0. The third kappa shape index (κ3) is 4.46. The maximum atomic E-state index is 13.0. The van der Waals surface area contributed by atoms with E-state index in [1.807, 2.05) is 0 Å². The van der Waals surface area contributed by atoms with Gasteiger partial charge < -0.3 is 4.74 Å². The van der Waals surface area contributed by atoms with Crippen molar-refractivity contribution in [3.05, 3.63) is 64.2 Å². The Morgan fingerprint density at radius 2 is 1.95 bits per heavy atom. The van der Waals surface area contributed by atoms with Crippen LogP contribution in [0.5, 0.6) is 5.88 Å². The Bertz CT molecular complexity index is 623. The highest BCUT2D eigenvalue weighted by atomic mass is 35.5. The predicted molar refractivity (Wildman–Crippen MR) is 74.1 cm³/mol. The zero-order chi connectivity index (χ0) is 15.2. The fourth-order valence-electron chi connectivity index (χ4n) is 1.64. The molecule has 0 N–H and O–H groups in total. The van der Waals surface area contributed by atoms with E-state index in [9.17, 15) is 13.7 Å². The van der Waals surface area contributed by atoms with E-state index in [2.05, 4.69) is 10.2 Å². The first kappa shape index (κ1) is 15.3. The van der Waals surface area contributed by atoms with Gasteiger partial charge >= 0.3 is 0 Å². The topological polar surface area (TPSA) is 51.5 Å². The van der Waals surface area contributed by atoms with Crippen LogP contribution in [-0.4, -0.2) is 10.5 Å². The third-order valence-corrected chi connectivity index (χ3v) is 2.92. The molecule has 0 aliphatic heterocycles. The van der Waals surface area contributed by atoms with Crippen molar-refractivity contribution in [1.29, 1.82) is 0 Å². The number of hydrogen-bond donors (Lipinski definition) is 0. The molecule has 1 unspecified atom stereocenters. The SMILES string of the molecule is O=NC(Cl)Cc1ccc(OCc2ccc(F)c(F)c2)nc1. The Balaban J connectivity index is 1.94. The monoisotopic (exact) mass is 312 g/mol. The molecule has 0 aliphatic carbocycles. The second-order valence-electron chi connectivity index (χ2n) is 4.29. The predicted octanol–water partition coefficient (Wildman–Crippen LogP) is 3.81. The average Bonchev–Trinajstić information content (AvgIpc) is 2.50. The van der Waals surface area contributed by atoms with Crippen molar-refractivity contribution in [1.82, 2.24) is 4.98 Å². The van der Waals surface area contributed by atoms with Gasteiger partial charge in [0, 0.05) is 18.7 Å². The van der Waals surface area contributed by atoms with Gasteiger partial charge in [0.1, 0.15) is 6.61 Å². The van der Waals surface area contributed by atoms with Crippen LogP contribution < -0.4 is 4.74 Å². The Morgan fingerprint density at radius 1 is 1.19 bits per heavy atom. The number of hydrogen-bond acceptors (Lipinski definition) is 4. The summed E-state index contributed by atoms with van der Waals surface area (Å²) < 4.78 is 31.1. The van der Waals surface area contributed by atoms with E-state index in [0.29, 0.717) is 11.4 Å². The quantitative estimate of drug-likeness (QED) is 0.463. The van der Waals surface area contributed by atoms with E-state index in [1.165, 1.54) is 12.3 Å². The molecule has 0 radical (unpaired) electrons. The molecule has 0 amide bonds. The van der Waals surface area contributed by atoms with Gasteiger partial charge in [-0.25, -0.2) is 13.8 Å². The first-order valence-electron chi connectivity index (χ1n) is 6.06. The number of alkyl halides is 1. The molecule has 1 heterocycles. The van der Waals surface area contributed by atoms with E-state index >= 15 is 0 Å². The van der Waals surface area contributed by atoms with Gasteiger partial charge in [-0.1, -0.05) is 23.7 Å². The highest BCUT2D eigenvalue weighted by Gasteiger charge is 2.07. The lowest BCUT2D eigenvalue weighted by molar-refractivity contribution is 0.292. The van der Waals surface area contributed by atoms with Gasteiger partial charge in [-0.2, -0.15) is 0 Å². The summed E-state index contributed by atoms with van der Waals surface area (Å²) in [6.45, 7) is 0.0670. The van der Waals surface area contributed by atoms with Crippen molar-refractivity contribution in [3.63, 3.8) is 0 Å². The van der Waals surface area contributed by atoms with E-state index in [0.717, 1.165) is 17.7 Å². The fraction of sp³-hybridized carbons (Fsp3) is 0.214. The van der Waals surface area contributed by atoms with Crippen molar-refractivity contribution in [3.8, 4) is 5.88 Å². The van der Waals surface area contributed by atoms with Crippen LogP contribution in [-0.2, 0) is 13.0 Å². The molecule has 7 heteroatoms. The molecule has 110 valence electrons. The molecule has 0 spiro atoms. The summed E-state index contributed by atoms with van der Waals surface area (Å²) in [6.07, 6.45) is 1.79. The summed E-state index contributed by atoms with van der Waals surface area (Å²) in [5.74, 6) is -1.50. The largest absolute Gasteiger partial charge is 0.473 e. The molecule has 0 bridgehead atoms. The van der Waals surface area contributed by atoms with Gasteiger partial charge in [0.05, 0.1) is 0 Å². The van der Waals surface area contributed by atoms with E-state index in [1.54, 1.807) is 12.1 Å². The van der Waals surface area contributed by atoms with E-state index in [4.69, 9.17) is 16.3 Å². The second kappa shape index (κ2) is 7.08. The lowest BCUT2D eigenvalue weighted by Crippen LogP contribution is -2.01.